The Morgan fingerprint density at radius 1 is 1.31 bits per heavy atom. The Labute approximate surface area is 78.6 Å². The molecule has 0 saturated carbocycles. The highest BCUT2D eigenvalue weighted by atomic mass is 16.6. The fourth-order valence-electron chi connectivity index (χ4n) is 0.908. The normalized spacial score (nSPS) is 13.0. The molecule has 0 aliphatic rings. The molecule has 13 heavy (non-hydrogen) atoms. The van der Waals surface area contributed by atoms with Crippen LogP contribution < -0.4 is 4.74 Å². The zero-order valence-electron chi connectivity index (χ0n) is 8.19. The third-order valence-electron chi connectivity index (χ3n) is 1.77. The minimum absolute atomic E-state index is 0.712. The van der Waals surface area contributed by atoms with Gasteiger partial charge >= 0.3 is 0 Å². The van der Waals surface area contributed by atoms with Crippen LogP contribution in [-0.2, 0) is 0 Å². The molecule has 1 aromatic rings. The van der Waals surface area contributed by atoms with Crippen molar-refractivity contribution in [3.63, 3.8) is 0 Å². The Hall–Kier alpha value is -1.06. The SMILES string of the molecule is Cc1ccccc1OC(O)N(C)C. The van der Waals surface area contributed by atoms with E-state index in [4.69, 9.17) is 4.74 Å². The van der Waals surface area contributed by atoms with E-state index in [1.165, 1.54) is 0 Å². The molecular weight excluding hydrogens is 166 g/mol. The molecule has 0 aliphatic carbocycles. The van der Waals surface area contributed by atoms with Crippen molar-refractivity contribution < 1.29 is 9.84 Å². The van der Waals surface area contributed by atoms with Crippen LogP contribution in [0.5, 0.6) is 5.75 Å². The Morgan fingerprint density at radius 2 is 1.92 bits per heavy atom. The van der Waals surface area contributed by atoms with Gasteiger partial charge in [-0.2, -0.15) is 0 Å². The molecule has 0 fully saturated rings. The van der Waals surface area contributed by atoms with E-state index >= 15 is 0 Å². The number of rotatable bonds is 3. The molecule has 0 heterocycles. The Bertz CT molecular complexity index is 273. The number of benzene rings is 1. The van der Waals surface area contributed by atoms with Gasteiger partial charge in [-0.25, -0.2) is 0 Å². The van der Waals surface area contributed by atoms with E-state index in [1.54, 1.807) is 19.0 Å². The third kappa shape index (κ3) is 2.72. The number of aryl methyl sites for hydroxylation is 1. The second-order valence-electron chi connectivity index (χ2n) is 3.17. The van der Waals surface area contributed by atoms with Crippen LogP contribution >= 0.6 is 0 Å². The first-order valence-electron chi connectivity index (χ1n) is 4.18. The summed E-state index contributed by atoms with van der Waals surface area (Å²) in [7, 11) is 3.51. The Kier molecular flexibility index (Phi) is 3.28. The predicted octanol–water partition coefficient (Wildman–Crippen LogP) is 1.21. The molecule has 1 atom stereocenters. The van der Waals surface area contributed by atoms with Crippen molar-refractivity contribution in [2.24, 2.45) is 0 Å². The second-order valence-corrected chi connectivity index (χ2v) is 3.17. The molecule has 3 heteroatoms. The lowest BCUT2D eigenvalue weighted by molar-refractivity contribution is -0.114. The zero-order chi connectivity index (χ0) is 9.84. The summed E-state index contributed by atoms with van der Waals surface area (Å²) in [6.45, 7) is 1.94. The number of hydrogen-bond acceptors (Lipinski definition) is 3. The van der Waals surface area contributed by atoms with E-state index in [0.29, 0.717) is 5.75 Å². The highest BCUT2D eigenvalue weighted by Gasteiger charge is 2.08. The minimum atomic E-state index is -0.888. The van der Waals surface area contributed by atoms with Crippen LogP contribution in [0.15, 0.2) is 24.3 Å². The average Bonchev–Trinajstić information content (AvgIpc) is 2.08. The molecule has 0 spiro atoms. The van der Waals surface area contributed by atoms with Crippen LogP contribution in [0.4, 0.5) is 0 Å². The molecule has 1 aromatic carbocycles. The summed E-state index contributed by atoms with van der Waals surface area (Å²) in [6.07, 6.45) is -0.888. The van der Waals surface area contributed by atoms with Crippen molar-refractivity contribution in [3.05, 3.63) is 29.8 Å². The highest BCUT2D eigenvalue weighted by molar-refractivity contribution is 5.31. The number of aliphatic hydroxyl groups excluding tert-OH is 1. The first kappa shape index (κ1) is 10.0. The van der Waals surface area contributed by atoms with Crippen LogP contribution in [0.1, 0.15) is 5.56 Å². The molecule has 0 bridgehead atoms. The van der Waals surface area contributed by atoms with Crippen molar-refractivity contribution in [1.82, 2.24) is 4.90 Å². The lowest BCUT2D eigenvalue weighted by Crippen LogP contribution is -2.33. The third-order valence-corrected chi connectivity index (χ3v) is 1.77. The van der Waals surface area contributed by atoms with Gasteiger partial charge < -0.3 is 9.84 Å². The fraction of sp³-hybridized carbons (Fsp3) is 0.400. The van der Waals surface area contributed by atoms with Crippen LogP contribution in [0.25, 0.3) is 0 Å². The summed E-state index contributed by atoms with van der Waals surface area (Å²) in [5.74, 6) is 0.712. The largest absolute Gasteiger partial charge is 0.451 e. The van der Waals surface area contributed by atoms with E-state index in [-0.39, 0.29) is 0 Å². The summed E-state index contributed by atoms with van der Waals surface area (Å²) in [5.41, 5.74) is 1.02. The van der Waals surface area contributed by atoms with E-state index in [9.17, 15) is 5.11 Å². The zero-order valence-corrected chi connectivity index (χ0v) is 8.19. The van der Waals surface area contributed by atoms with Gasteiger partial charge in [0, 0.05) is 0 Å². The maximum Gasteiger partial charge on any atom is 0.259 e. The van der Waals surface area contributed by atoms with Gasteiger partial charge in [-0.15, -0.1) is 0 Å². The number of hydrogen-bond donors (Lipinski definition) is 1. The molecule has 72 valence electrons. The van der Waals surface area contributed by atoms with Crippen LogP contribution in [0, 0.1) is 6.92 Å². The van der Waals surface area contributed by atoms with E-state index < -0.39 is 6.41 Å². The second kappa shape index (κ2) is 4.25. The standard InChI is InChI=1S/C10H15NO2/c1-8-6-4-5-7-9(8)13-10(12)11(2)3/h4-7,10,12H,1-3H3. The molecule has 3 nitrogen and oxygen atoms in total. The van der Waals surface area contributed by atoms with Crippen molar-refractivity contribution in [1.29, 1.82) is 0 Å². The lowest BCUT2D eigenvalue weighted by Gasteiger charge is -2.20. The lowest BCUT2D eigenvalue weighted by atomic mass is 10.2. The molecule has 0 aliphatic heterocycles. The van der Waals surface area contributed by atoms with E-state index in [0.717, 1.165) is 5.56 Å². The van der Waals surface area contributed by atoms with Crippen molar-refractivity contribution >= 4 is 0 Å². The molecule has 0 radical (unpaired) electrons. The Balaban J connectivity index is 2.69. The van der Waals surface area contributed by atoms with E-state index in [2.05, 4.69) is 0 Å². The monoisotopic (exact) mass is 181 g/mol. The van der Waals surface area contributed by atoms with Gasteiger partial charge in [0.25, 0.3) is 6.41 Å². The first-order valence-corrected chi connectivity index (χ1v) is 4.18. The van der Waals surface area contributed by atoms with Crippen LogP contribution in [-0.4, -0.2) is 30.5 Å². The summed E-state index contributed by atoms with van der Waals surface area (Å²) >= 11 is 0. The van der Waals surface area contributed by atoms with Crippen molar-refractivity contribution in [2.75, 3.05) is 14.1 Å². The molecule has 1 rings (SSSR count). The highest BCUT2D eigenvalue weighted by Crippen LogP contribution is 2.17. The summed E-state index contributed by atoms with van der Waals surface area (Å²) in [5, 5.41) is 9.41. The maximum absolute atomic E-state index is 9.41. The average molecular weight is 181 g/mol. The number of ether oxygens (including phenoxy) is 1. The van der Waals surface area contributed by atoms with Gasteiger partial charge in [-0.1, -0.05) is 18.2 Å². The van der Waals surface area contributed by atoms with Crippen LogP contribution in [0.2, 0.25) is 0 Å². The maximum atomic E-state index is 9.41. The number of aliphatic hydroxyl groups is 1. The predicted molar refractivity (Wildman–Crippen MR) is 51.5 cm³/mol. The Morgan fingerprint density at radius 3 is 2.46 bits per heavy atom. The van der Waals surface area contributed by atoms with E-state index in [1.807, 2.05) is 31.2 Å². The van der Waals surface area contributed by atoms with Crippen molar-refractivity contribution in [3.8, 4) is 5.75 Å². The minimum Gasteiger partial charge on any atom is -0.451 e. The fourth-order valence-corrected chi connectivity index (χ4v) is 0.908. The van der Waals surface area contributed by atoms with Gasteiger partial charge in [0.15, 0.2) is 0 Å². The van der Waals surface area contributed by atoms with Gasteiger partial charge in [-0.05, 0) is 32.6 Å². The topological polar surface area (TPSA) is 32.7 Å². The molecule has 0 aromatic heterocycles. The molecular formula is C10H15NO2. The van der Waals surface area contributed by atoms with Gasteiger partial charge in [-0.3, -0.25) is 4.90 Å². The summed E-state index contributed by atoms with van der Waals surface area (Å²) in [6, 6.07) is 7.59. The van der Waals surface area contributed by atoms with Crippen LogP contribution in [0.3, 0.4) is 0 Å². The molecule has 0 saturated heterocycles. The van der Waals surface area contributed by atoms with Gasteiger partial charge in [0.1, 0.15) is 5.75 Å². The summed E-state index contributed by atoms with van der Waals surface area (Å²) in [4.78, 5) is 1.59. The molecule has 1 unspecified atom stereocenters. The number of para-hydroxylation sites is 1. The smallest absolute Gasteiger partial charge is 0.259 e. The molecule has 0 amide bonds. The molecule has 1 N–H and O–H groups in total. The van der Waals surface area contributed by atoms with Crippen molar-refractivity contribution in [2.45, 2.75) is 13.3 Å². The first-order chi connectivity index (χ1) is 6.11. The summed E-state index contributed by atoms with van der Waals surface area (Å²) < 4.78 is 5.29. The van der Waals surface area contributed by atoms with Gasteiger partial charge in [0.2, 0.25) is 0 Å². The van der Waals surface area contributed by atoms with Gasteiger partial charge in [0.05, 0.1) is 0 Å². The number of nitrogens with zero attached hydrogens (tertiary/aromatic N) is 1. The quantitative estimate of drug-likeness (QED) is 0.711.